The smallest absolute Gasteiger partial charge is 0.179 e. The summed E-state index contributed by atoms with van der Waals surface area (Å²) in [6.45, 7) is 0. The van der Waals surface area contributed by atoms with Crippen LogP contribution in [0.15, 0.2) is 247 Å². The lowest BCUT2D eigenvalue weighted by molar-refractivity contribution is 0.669. The minimum atomic E-state index is -3.17. The molecule has 0 unspecified atom stereocenters. The summed E-state index contributed by atoms with van der Waals surface area (Å²) in [5.74, 6) is 0. The molecule has 3 nitrogen and oxygen atoms in total. The van der Waals surface area contributed by atoms with E-state index in [9.17, 15) is 5.48 Å². The number of benzene rings is 10. The van der Waals surface area contributed by atoms with Crippen molar-refractivity contribution in [2.45, 2.75) is 0 Å². The van der Waals surface area contributed by atoms with Gasteiger partial charge in [0.2, 0.25) is 0 Å². The van der Waals surface area contributed by atoms with Crippen molar-refractivity contribution in [2.24, 2.45) is 0 Å². The third-order valence-electron chi connectivity index (χ3n) is 12.8. The second-order valence-corrected chi connectivity index (χ2v) is 19.9. The van der Waals surface area contributed by atoms with Crippen LogP contribution in [0.4, 0.5) is 0 Å². The molecule has 0 fully saturated rings. The van der Waals surface area contributed by atoms with E-state index in [0.29, 0.717) is 16.6 Å². The summed E-state index contributed by atoms with van der Waals surface area (Å²) < 4.78 is 94.3. The van der Waals surface area contributed by atoms with Gasteiger partial charge in [-0.05, 0) is 68.2 Å². The molecule has 300 valence electrons. The van der Waals surface area contributed by atoms with Gasteiger partial charge < -0.3 is 13.6 Å². The van der Waals surface area contributed by atoms with Crippen LogP contribution in [0.25, 0.3) is 88.1 Å². The van der Waals surface area contributed by atoms with Crippen LogP contribution in [0.1, 0.15) is 12.3 Å². The standard InChI is InChI=1S/C60H40N2OSi/c1-4-19-41(20-5-1)42-21-18-26-47(39-42)64(44-22-6-2-7-23-44,45-24-8-3-9-25-45)46-37-35-43(36-38-46)61-54-33-16-12-29-50(54)58-55(40-57-59(60(58)61)51-30-13-17-34-56(51)63-57)62-52-31-14-10-27-48(52)49-28-11-15-32-53(49)62/h1-40H/i12D,13D,16D,17D,29D,30D,33D,34D,40D. The molecular weight excluding hydrogens is 793 g/mol. The maximum absolute atomic E-state index is 10.2. The van der Waals surface area contributed by atoms with E-state index < -0.39 is 38.3 Å². The molecule has 0 amide bonds. The van der Waals surface area contributed by atoms with Crippen LogP contribution in [0.5, 0.6) is 0 Å². The molecule has 0 aliphatic rings. The largest absolute Gasteiger partial charge is 0.456 e. The number of hydrogen-bond donors (Lipinski definition) is 0. The van der Waals surface area contributed by atoms with Crippen LogP contribution in [0, 0.1) is 0 Å². The molecule has 64 heavy (non-hydrogen) atoms. The van der Waals surface area contributed by atoms with E-state index in [2.05, 4.69) is 97.1 Å². The number of aromatic nitrogens is 2. The Morgan fingerprint density at radius 2 is 0.938 bits per heavy atom. The molecule has 0 saturated heterocycles. The van der Waals surface area contributed by atoms with Crippen molar-refractivity contribution in [3.05, 3.63) is 242 Å². The van der Waals surface area contributed by atoms with E-state index in [0.717, 1.165) is 53.7 Å². The number of nitrogens with zero attached hydrogens (tertiary/aromatic N) is 2. The zero-order valence-electron chi connectivity index (χ0n) is 43.2. The molecule has 0 saturated carbocycles. The van der Waals surface area contributed by atoms with Crippen molar-refractivity contribution >= 4 is 94.4 Å². The fraction of sp³-hybridized carbons (Fsp3) is 0. The van der Waals surface area contributed by atoms with E-state index in [1.54, 1.807) is 4.57 Å². The normalized spacial score (nSPS) is 14.0. The minimum absolute atomic E-state index is 0.0137. The van der Waals surface area contributed by atoms with E-state index >= 15 is 0 Å². The summed E-state index contributed by atoms with van der Waals surface area (Å²) in [6.07, 6.45) is 0. The van der Waals surface area contributed by atoms with E-state index in [1.807, 2.05) is 95.6 Å². The third-order valence-corrected chi connectivity index (χ3v) is 17.6. The second kappa shape index (κ2) is 14.5. The van der Waals surface area contributed by atoms with Gasteiger partial charge in [0.1, 0.15) is 11.2 Å². The first-order valence-electron chi connectivity index (χ1n) is 25.8. The molecule has 13 rings (SSSR count). The topological polar surface area (TPSA) is 23.0 Å². The van der Waals surface area contributed by atoms with Gasteiger partial charge in [-0.1, -0.05) is 200 Å². The van der Waals surface area contributed by atoms with Crippen molar-refractivity contribution in [3.8, 4) is 22.5 Å². The van der Waals surface area contributed by atoms with Gasteiger partial charge in [0.15, 0.2) is 8.07 Å². The third kappa shape index (κ3) is 5.33. The van der Waals surface area contributed by atoms with Gasteiger partial charge in [0.05, 0.1) is 45.5 Å². The molecule has 0 spiro atoms. The van der Waals surface area contributed by atoms with Crippen LogP contribution in [-0.4, -0.2) is 17.2 Å². The first-order valence-corrected chi connectivity index (χ1v) is 23.3. The van der Waals surface area contributed by atoms with Gasteiger partial charge in [-0.3, -0.25) is 0 Å². The molecule has 0 aliphatic carbocycles. The summed E-state index contributed by atoms with van der Waals surface area (Å²) >= 11 is 0. The highest BCUT2D eigenvalue weighted by atomic mass is 28.3. The molecule has 3 heterocycles. The Morgan fingerprint density at radius 1 is 0.391 bits per heavy atom. The maximum atomic E-state index is 10.2. The Balaban J connectivity index is 1.20. The Bertz CT molecular complexity index is 4330. The Kier molecular flexibility index (Phi) is 6.42. The van der Waals surface area contributed by atoms with Crippen LogP contribution < -0.4 is 20.7 Å². The summed E-state index contributed by atoms with van der Waals surface area (Å²) in [7, 11) is -3.17. The molecule has 0 radical (unpaired) electrons. The monoisotopic (exact) mass is 841 g/mol. The van der Waals surface area contributed by atoms with Gasteiger partial charge in [-0.15, -0.1) is 0 Å². The number of para-hydroxylation sites is 4. The highest BCUT2D eigenvalue weighted by Crippen LogP contribution is 2.45. The summed E-state index contributed by atoms with van der Waals surface area (Å²) in [6, 6.07) is 60.6. The van der Waals surface area contributed by atoms with Crippen molar-refractivity contribution in [3.63, 3.8) is 0 Å². The van der Waals surface area contributed by atoms with Crippen LogP contribution >= 0.6 is 0 Å². The first-order chi connectivity index (χ1) is 35.5. The molecule has 0 atom stereocenters. The zero-order chi connectivity index (χ0) is 50.0. The molecule has 0 N–H and O–H groups in total. The molecule has 0 aliphatic heterocycles. The second-order valence-electron chi connectivity index (χ2n) is 16.1. The van der Waals surface area contributed by atoms with Crippen molar-refractivity contribution < 1.29 is 16.8 Å². The number of rotatable bonds is 7. The van der Waals surface area contributed by atoms with Crippen LogP contribution in [-0.2, 0) is 0 Å². The summed E-state index contributed by atoms with van der Waals surface area (Å²) in [4.78, 5) is 0. The van der Waals surface area contributed by atoms with Gasteiger partial charge in [0, 0.05) is 38.7 Å². The Hall–Kier alpha value is -8.18. The lowest BCUT2D eigenvalue weighted by Crippen LogP contribution is -2.74. The fourth-order valence-electron chi connectivity index (χ4n) is 10.2. The summed E-state index contributed by atoms with van der Waals surface area (Å²) in [5.41, 5.74) is 4.76. The molecular formula is C60H40N2OSi. The van der Waals surface area contributed by atoms with Crippen LogP contribution in [0.3, 0.4) is 0 Å². The SMILES string of the molecule is [2H]c1c([2H])c([2H])c2c(oc3c([2H])c(-n4c5ccccc5c5ccccc54)c4c5c([2H])c([2H])c([2H])c([2H])c5n(-c5ccc([Si](c6ccccc6)(c6ccccc6)c6cccc(-c7ccccc7)c6)cc5)c4c32)c1[2H]. The van der Waals surface area contributed by atoms with Gasteiger partial charge in [-0.25, -0.2) is 0 Å². The fourth-order valence-corrected chi connectivity index (χ4v) is 14.9. The predicted molar refractivity (Wildman–Crippen MR) is 271 cm³/mol. The van der Waals surface area contributed by atoms with Crippen molar-refractivity contribution in [1.29, 1.82) is 0 Å². The number of hydrogen-bond acceptors (Lipinski definition) is 1. The van der Waals surface area contributed by atoms with Crippen molar-refractivity contribution in [2.75, 3.05) is 0 Å². The first kappa shape index (κ1) is 28.4. The molecule has 13 aromatic rings. The Labute approximate surface area is 384 Å². The zero-order valence-corrected chi connectivity index (χ0v) is 35.2. The lowest BCUT2D eigenvalue weighted by atomic mass is 10.1. The predicted octanol–water partition coefficient (Wildman–Crippen LogP) is 12.8. The highest BCUT2D eigenvalue weighted by molar-refractivity contribution is 7.19. The number of furan rings is 1. The Morgan fingerprint density at radius 3 is 1.62 bits per heavy atom. The van der Waals surface area contributed by atoms with E-state index in [4.69, 9.17) is 11.3 Å². The van der Waals surface area contributed by atoms with Crippen molar-refractivity contribution in [1.82, 2.24) is 9.13 Å². The van der Waals surface area contributed by atoms with Gasteiger partial charge in [-0.2, -0.15) is 0 Å². The molecule has 0 bridgehead atoms. The highest BCUT2D eigenvalue weighted by Gasteiger charge is 2.41. The summed E-state index contributed by atoms with van der Waals surface area (Å²) in [5, 5.41) is 7.01. The average Bonchev–Trinajstić information content (AvgIpc) is 4.12. The lowest BCUT2D eigenvalue weighted by Gasteiger charge is -2.35. The van der Waals surface area contributed by atoms with Gasteiger partial charge in [0.25, 0.3) is 0 Å². The average molecular weight is 842 g/mol. The molecule has 3 aromatic heterocycles. The molecule has 4 heteroatoms. The molecule has 10 aromatic carbocycles. The quantitative estimate of drug-likeness (QED) is 0.116. The minimum Gasteiger partial charge on any atom is -0.456 e. The maximum Gasteiger partial charge on any atom is 0.179 e. The van der Waals surface area contributed by atoms with E-state index in [-0.39, 0.29) is 62.7 Å². The number of fused-ring (bicyclic) bond motifs is 10. The van der Waals surface area contributed by atoms with E-state index in [1.165, 1.54) is 0 Å². The van der Waals surface area contributed by atoms with Gasteiger partial charge >= 0.3 is 0 Å². The van der Waals surface area contributed by atoms with Crippen LogP contribution in [0.2, 0.25) is 0 Å².